The van der Waals surface area contributed by atoms with Crippen LogP contribution in [0.25, 0.3) is 0 Å². The highest BCUT2D eigenvalue weighted by Gasteiger charge is 2.00. The summed E-state index contributed by atoms with van der Waals surface area (Å²) in [4.78, 5) is 10.9. The lowest BCUT2D eigenvalue weighted by Crippen LogP contribution is -2.06. The third-order valence-corrected chi connectivity index (χ3v) is 3.01. The fourth-order valence-electron chi connectivity index (χ4n) is 1.99. The smallest absolute Gasteiger partial charge is 0.167 e. The Bertz CT molecular complexity index is 570. The number of ether oxygens (including phenoxy) is 2. The Morgan fingerprint density at radius 1 is 0.857 bits per heavy atom. The first-order valence-corrected chi connectivity index (χ1v) is 7.10. The Labute approximate surface area is 125 Å². The average molecular weight is 284 g/mol. The van der Waals surface area contributed by atoms with Crippen LogP contribution in [0.15, 0.2) is 48.5 Å². The van der Waals surface area contributed by atoms with Crippen LogP contribution in [0.3, 0.4) is 0 Å². The molecular formula is C18H20O3. The largest absolute Gasteiger partial charge is 0.494 e. The number of hydrogen-bond donors (Lipinski definition) is 0. The molecule has 0 bridgehead atoms. The van der Waals surface area contributed by atoms with Gasteiger partial charge in [0, 0.05) is 0 Å². The van der Waals surface area contributed by atoms with Gasteiger partial charge in [0.1, 0.15) is 18.1 Å². The van der Waals surface area contributed by atoms with Gasteiger partial charge in [-0.25, -0.2) is 0 Å². The van der Waals surface area contributed by atoms with Crippen molar-refractivity contribution in [3.8, 4) is 11.5 Å². The third kappa shape index (κ3) is 4.95. The topological polar surface area (TPSA) is 35.5 Å². The summed E-state index contributed by atoms with van der Waals surface area (Å²) in [5.74, 6) is 1.64. The number of benzene rings is 2. The van der Waals surface area contributed by atoms with E-state index < -0.39 is 0 Å². The summed E-state index contributed by atoms with van der Waals surface area (Å²) in [6.45, 7) is 4.29. The lowest BCUT2D eigenvalue weighted by atomic mass is 10.0. The van der Waals surface area contributed by atoms with Crippen LogP contribution < -0.4 is 9.47 Å². The molecular weight excluding hydrogens is 264 g/mol. The van der Waals surface area contributed by atoms with Crippen molar-refractivity contribution < 1.29 is 14.3 Å². The number of carbonyl (C=O) groups excluding carboxylic acids is 1. The minimum Gasteiger partial charge on any atom is -0.494 e. The maximum atomic E-state index is 10.9. The summed E-state index contributed by atoms with van der Waals surface area (Å²) in [6, 6.07) is 16.0. The molecule has 2 aromatic rings. The highest BCUT2D eigenvalue weighted by atomic mass is 16.5. The Hall–Kier alpha value is -2.29. The summed E-state index contributed by atoms with van der Waals surface area (Å²) in [5.41, 5.74) is 2.44. The molecule has 3 nitrogen and oxygen atoms in total. The van der Waals surface area contributed by atoms with Crippen LogP contribution >= 0.6 is 0 Å². The van der Waals surface area contributed by atoms with Crippen LogP contribution in [0.5, 0.6) is 11.5 Å². The molecule has 21 heavy (non-hydrogen) atoms. The lowest BCUT2D eigenvalue weighted by molar-refractivity contribution is -0.118. The van der Waals surface area contributed by atoms with Gasteiger partial charge in [0.15, 0.2) is 5.78 Å². The molecule has 3 heteroatoms. The first kappa shape index (κ1) is 15.1. The zero-order valence-corrected chi connectivity index (χ0v) is 12.5. The molecule has 2 rings (SSSR count). The number of rotatable bonds is 7. The van der Waals surface area contributed by atoms with Crippen molar-refractivity contribution in [2.45, 2.75) is 20.3 Å². The molecule has 2 aromatic carbocycles. The van der Waals surface area contributed by atoms with E-state index in [1.54, 1.807) is 0 Å². The van der Waals surface area contributed by atoms with Crippen LogP contribution in [-0.4, -0.2) is 19.0 Å². The number of hydrogen-bond acceptors (Lipinski definition) is 3. The third-order valence-electron chi connectivity index (χ3n) is 3.01. The van der Waals surface area contributed by atoms with Crippen LogP contribution in [-0.2, 0) is 11.2 Å². The molecule has 0 radical (unpaired) electrons. The first-order valence-electron chi connectivity index (χ1n) is 7.10. The minimum atomic E-state index is 0.0217. The molecule has 110 valence electrons. The zero-order valence-electron chi connectivity index (χ0n) is 12.5. The maximum Gasteiger partial charge on any atom is 0.167 e. The van der Waals surface area contributed by atoms with Gasteiger partial charge in [-0.15, -0.1) is 0 Å². The van der Waals surface area contributed by atoms with E-state index in [-0.39, 0.29) is 12.4 Å². The van der Waals surface area contributed by atoms with E-state index in [4.69, 9.17) is 9.47 Å². The predicted octanol–water partition coefficient (Wildman–Crippen LogP) is 3.64. The molecule has 0 aliphatic heterocycles. The van der Waals surface area contributed by atoms with E-state index in [0.717, 1.165) is 17.9 Å². The van der Waals surface area contributed by atoms with Gasteiger partial charge < -0.3 is 9.47 Å². The monoisotopic (exact) mass is 284 g/mol. The zero-order chi connectivity index (χ0) is 15.1. The molecule has 0 aliphatic carbocycles. The lowest BCUT2D eigenvalue weighted by Gasteiger charge is -2.07. The maximum absolute atomic E-state index is 10.9. The Morgan fingerprint density at radius 3 is 1.76 bits per heavy atom. The van der Waals surface area contributed by atoms with Crippen molar-refractivity contribution in [1.29, 1.82) is 0 Å². The normalized spacial score (nSPS) is 10.2. The second kappa shape index (κ2) is 7.48. The van der Waals surface area contributed by atoms with Gasteiger partial charge in [0.2, 0.25) is 0 Å². The van der Waals surface area contributed by atoms with Gasteiger partial charge >= 0.3 is 0 Å². The summed E-state index contributed by atoms with van der Waals surface area (Å²) in [6.07, 6.45) is 0.861. The molecule has 0 aliphatic rings. The molecule has 0 heterocycles. The molecule has 0 spiro atoms. The van der Waals surface area contributed by atoms with E-state index in [1.165, 1.54) is 18.1 Å². The summed E-state index contributed by atoms with van der Waals surface area (Å²) in [7, 11) is 0. The quantitative estimate of drug-likeness (QED) is 0.778. The van der Waals surface area contributed by atoms with Gasteiger partial charge in [0.05, 0.1) is 6.61 Å². The van der Waals surface area contributed by atoms with Crippen molar-refractivity contribution in [2.75, 3.05) is 13.2 Å². The van der Waals surface area contributed by atoms with E-state index >= 15 is 0 Å². The van der Waals surface area contributed by atoms with Gasteiger partial charge in [-0.05, 0) is 55.7 Å². The molecule has 0 fully saturated rings. The second-order valence-corrected chi connectivity index (χ2v) is 4.89. The van der Waals surface area contributed by atoms with Crippen molar-refractivity contribution in [3.05, 3.63) is 59.7 Å². The molecule has 0 aromatic heterocycles. The molecule has 0 unspecified atom stereocenters. The summed E-state index contributed by atoms with van der Waals surface area (Å²) >= 11 is 0. The van der Waals surface area contributed by atoms with E-state index in [1.807, 2.05) is 43.3 Å². The van der Waals surface area contributed by atoms with Crippen LogP contribution in [0.1, 0.15) is 25.0 Å². The predicted molar refractivity (Wildman–Crippen MR) is 83.0 cm³/mol. The van der Waals surface area contributed by atoms with Crippen molar-refractivity contribution in [1.82, 2.24) is 0 Å². The first-order chi connectivity index (χ1) is 10.2. The Morgan fingerprint density at radius 2 is 1.33 bits per heavy atom. The van der Waals surface area contributed by atoms with Gasteiger partial charge in [-0.3, -0.25) is 4.79 Å². The van der Waals surface area contributed by atoms with Crippen molar-refractivity contribution in [2.24, 2.45) is 0 Å². The van der Waals surface area contributed by atoms with E-state index in [2.05, 4.69) is 12.1 Å². The van der Waals surface area contributed by atoms with E-state index in [0.29, 0.717) is 6.61 Å². The Kier molecular flexibility index (Phi) is 5.38. The van der Waals surface area contributed by atoms with Crippen molar-refractivity contribution in [3.63, 3.8) is 0 Å². The number of Topliss-reactive ketones (excluding diaryl/α,β-unsaturated/α-hetero) is 1. The molecule has 0 saturated heterocycles. The minimum absolute atomic E-state index is 0.0217. The highest BCUT2D eigenvalue weighted by Crippen LogP contribution is 2.17. The number of carbonyl (C=O) groups is 1. The fraction of sp³-hybridized carbons (Fsp3) is 0.278. The standard InChI is InChI=1S/C18H20O3/c1-3-20-17-8-4-15(5-9-17)12-16-6-10-18(11-7-16)21-13-14(2)19/h4-11H,3,12-13H2,1-2H3. The fourth-order valence-corrected chi connectivity index (χ4v) is 1.99. The summed E-state index contributed by atoms with van der Waals surface area (Å²) in [5, 5.41) is 0. The van der Waals surface area contributed by atoms with Gasteiger partial charge in [-0.2, -0.15) is 0 Å². The second-order valence-electron chi connectivity index (χ2n) is 4.89. The molecule has 0 N–H and O–H groups in total. The average Bonchev–Trinajstić information content (AvgIpc) is 2.49. The van der Waals surface area contributed by atoms with Crippen molar-refractivity contribution >= 4 is 5.78 Å². The van der Waals surface area contributed by atoms with Crippen LogP contribution in [0.2, 0.25) is 0 Å². The SMILES string of the molecule is CCOc1ccc(Cc2ccc(OCC(C)=O)cc2)cc1. The molecule has 0 saturated carbocycles. The van der Waals surface area contributed by atoms with E-state index in [9.17, 15) is 4.79 Å². The summed E-state index contributed by atoms with van der Waals surface area (Å²) < 4.78 is 10.8. The van der Waals surface area contributed by atoms with Crippen LogP contribution in [0, 0.1) is 0 Å². The highest BCUT2D eigenvalue weighted by molar-refractivity contribution is 5.77. The van der Waals surface area contributed by atoms with Crippen LogP contribution in [0.4, 0.5) is 0 Å². The van der Waals surface area contributed by atoms with Gasteiger partial charge in [-0.1, -0.05) is 24.3 Å². The molecule has 0 atom stereocenters. The molecule has 0 amide bonds. The Balaban J connectivity index is 1.94. The van der Waals surface area contributed by atoms with Gasteiger partial charge in [0.25, 0.3) is 0 Å². The number of ketones is 1.